The lowest BCUT2D eigenvalue weighted by Gasteiger charge is -2.26. The van der Waals surface area contributed by atoms with Gasteiger partial charge in [0.2, 0.25) is 11.8 Å². The Hall–Kier alpha value is -1.10. The molecule has 2 atom stereocenters. The first kappa shape index (κ1) is 17.0. The van der Waals surface area contributed by atoms with Crippen molar-refractivity contribution in [1.29, 1.82) is 0 Å². The quantitative estimate of drug-likeness (QED) is 0.711. The molecule has 0 aromatic carbocycles. The molecule has 0 aliphatic heterocycles. The van der Waals surface area contributed by atoms with Gasteiger partial charge in [0.05, 0.1) is 0 Å². The number of hydrogen-bond donors (Lipinski definition) is 3. The fourth-order valence-corrected chi connectivity index (χ4v) is 2.65. The molecule has 0 aromatic rings. The van der Waals surface area contributed by atoms with E-state index in [-0.39, 0.29) is 23.4 Å². The van der Waals surface area contributed by atoms with Crippen LogP contribution in [0.25, 0.3) is 0 Å². The number of nitrogens with two attached hydrogens (primary N) is 1. The molecule has 1 aliphatic carbocycles. The fourth-order valence-electron chi connectivity index (χ4n) is 2.65. The van der Waals surface area contributed by atoms with E-state index in [2.05, 4.69) is 10.6 Å². The Balaban J connectivity index is 2.15. The zero-order chi connectivity index (χ0) is 15.2. The van der Waals surface area contributed by atoms with Crippen LogP contribution in [0.3, 0.4) is 0 Å². The molecule has 5 nitrogen and oxygen atoms in total. The van der Waals surface area contributed by atoms with Crippen molar-refractivity contribution in [2.75, 3.05) is 6.54 Å². The summed E-state index contributed by atoms with van der Waals surface area (Å²) in [5.41, 5.74) is 5.69. The Morgan fingerprint density at radius 1 is 1.20 bits per heavy atom. The maximum atomic E-state index is 11.8. The van der Waals surface area contributed by atoms with E-state index in [1.54, 1.807) is 0 Å². The molecular formula is C15H29N3O2. The second-order valence-corrected chi connectivity index (χ2v) is 6.89. The molecule has 1 fully saturated rings. The van der Waals surface area contributed by atoms with E-state index in [9.17, 15) is 9.59 Å². The largest absolute Gasteiger partial charge is 0.356 e. The van der Waals surface area contributed by atoms with Crippen LogP contribution in [-0.4, -0.2) is 29.9 Å². The van der Waals surface area contributed by atoms with Crippen molar-refractivity contribution in [3.05, 3.63) is 0 Å². The van der Waals surface area contributed by atoms with Crippen LogP contribution in [0.4, 0.5) is 0 Å². The van der Waals surface area contributed by atoms with Crippen molar-refractivity contribution in [1.82, 2.24) is 10.6 Å². The van der Waals surface area contributed by atoms with E-state index < -0.39 is 0 Å². The summed E-state index contributed by atoms with van der Waals surface area (Å²) in [6, 6.07) is 0.249. The lowest BCUT2D eigenvalue weighted by Crippen LogP contribution is -2.42. The predicted molar refractivity (Wildman–Crippen MR) is 80.1 cm³/mol. The van der Waals surface area contributed by atoms with Gasteiger partial charge in [0, 0.05) is 31.0 Å². The zero-order valence-electron chi connectivity index (χ0n) is 13.0. The molecule has 0 aromatic heterocycles. The molecule has 1 saturated carbocycles. The molecule has 4 N–H and O–H groups in total. The SMILES string of the molecule is CC(C)(C)NC(=O)CCNC(=O)CC1CCCC(N)C1. The van der Waals surface area contributed by atoms with E-state index in [4.69, 9.17) is 5.73 Å². The Labute approximate surface area is 122 Å². The summed E-state index contributed by atoms with van der Waals surface area (Å²) in [4.78, 5) is 23.4. The maximum absolute atomic E-state index is 11.8. The third-order valence-corrected chi connectivity index (χ3v) is 3.49. The van der Waals surface area contributed by atoms with Gasteiger partial charge in [-0.3, -0.25) is 9.59 Å². The molecule has 1 rings (SSSR count). The average Bonchev–Trinajstić information content (AvgIpc) is 2.26. The van der Waals surface area contributed by atoms with Crippen LogP contribution in [-0.2, 0) is 9.59 Å². The Morgan fingerprint density at radius 2 is 1.90 bits per heavy atom. The molecule has 116 valence electrons. The van der Waals surface area contributed by atoms with Crippen LogP contribution in [0.15, 0.2) is 0 Å². The van der Waals surface area contributed by atoms with Gasteiger partial charge in [0.1, 0.15) is 0 Å². The van der Waals surface area contributed by atoms with E-state index in [0.717, 1.165) is 25.7 Å². The van der Waals surface area contributed by atoms with Crippen molar-refractivity contribution in [3.63, 3.8) is 0 Å². The van der Waals surface area contributed by atoms with Gasteiger partial charge in [-0.05, 0) is 46.0 Å². The minimum Gasteiger partial charge on any atom is -0.356 e. The van der Waals surface area contributed by atoms with Gasteiger partial charge in [-0.25, -0.2) is 0 Å². The summed E-state index contributed by atoms with van der Waals surface area (Å²) in [5, 5.41) is 5.69. The van der Waals surface area contributed by atoms with Gasteiger partial charge in [0.25, 0.3) is 0 Å². The lowest BCUT2D eigenvalue weighted by molar-refractivity contribution is -0.123. The highest BCUT2D eigenvalue weighted by molar-refractivity contribution is 5.79. The molecule has 0 heterocycles. The number of carbonyl (C=O) groups is 2. The van der Waals surface area contributed by atoms with E-state index in [1.807, 2.05) is 20.8 Å². The highest BCUT2D eigenvalue weighted by Crippen LogP contribution is 2.25. The van der Waals surface area contributed by atoms with Gasteiger partial charge < -0.3 is 16.4 Å². The third kappa shape index (κ3) is 7.48. The summed E-state index contributed by atoms with van der Waals surface area (Å²) in [5.74, 6) is 0.410. The average molecular weight is 283 g/mol. The van der Waals surface area contributed by atoms with Crippen LogP contribution in [0.2, 0.25) is 0 Å². The van der Waals surface area contributed by atoms with Crippen LogP contribution < -0.4 is 16.4 Å². The Morgan fingerprint density at radius 3 is 2.50 bits per heavy atom. The second kappa shape index (κ2) is 7.62. The molecule has 5 heteroatoms. The van der Waals surface area contributed by atoms with Gasteiger partial charge in [0.15, 0.2) is 0 Å². The van der Waals surface area contributed by atoms with E-state index in [1.165, 1.54) is 0 Å². The summed E-state index contributed by atoms with van der Waals surface area (Å²) >= 11 is 0. The summed E-state index contributed by atoms with van der Waals surface area (Å²) in [7, 11) is 0. The Kier molecular flexibility index (Phi) is 6.46. The summed E-state index contributed by atoms with van der Waals surface area (Å²) in [6.45, 7) is 6.22. The van der Waals surface area contributed by atoms with Crippen molar-refractivity contribution < 1.29 is 9.59 Å². The van der Waals surface area contributed by atoms with Crippen molar-refractivity contribution in [3.8, 4) is 0 Å². The number of amides is 2. The maximum Gasteiger partial charge on any atom is 0.222 e. The van der Waals surface area contributed by atoms with Crippen LogP contribution in [0.1, 0.15) is 59.3 Å². The monoisotopic (exact) mass is 283 g/mol. The second-order valence-electron chi connectivity index (χ2n) is 6.89. The molecule has 0 bridgehead atoms. The standard InChI is InChI=1S/C15H29N3O2/c1-15(2,3)18-13(19)7-8-17-14(20)10-11-5-4-6-12(16)9-11/h11-12H,4-10,16H2,1-3H3,(H,17,20)(H,18,19). The van der Waals surface area contributed by atoms with Crippen molar-refractivity contribution in [2.45, 2.75) is 70.9 Å². The molecule has 2 amide bonds. The highest BCUT2D eigenvalue weighted by Gasteiger charge is 2.21. The minimum atomic E-state index is -0.223. The summed E-state index contributed by atoms with van der Waals surface area (Å²) < 4.78 is 0. The van der Waals surface area contributed by atoms with Gasteiger partial charge in [-0.15, -0.1) is 0 Å². The van der Waals surface area contributed by atoms with Crippen LogP contribution in [0.5, 0.6) is 0 Å². The summed E-state index contributed by atoms with van der Waals surface area (Å²) in [6.07, 6.45) is 5.09. The number of hydrogen-bond acceptors (Lipinski definition) is 3. The number of carbonyl (C=O) groups excluding carboxylic acids is 2. The molecule has 0 spiro atoms. The third-order valence-electron chi connectivity index (χ3n) is 3.49. The van der Waals surface area contributed by atoms with Gasteiger partial charge in [-0.2, -0.15) is 0 Å². The predicted octanol–water partition coefficient (Wildman–Crippen LogP) is 1.32. The first-order valence-electron chi connectivity index (χ1n) is 7.59. The topological polar surface area (TPSA) is 84.2 Å². The fraction of sp³-hybridized carbons (Fsp3) is 0.867. The molecule has 2 unspecified atom stereocenters. The number of rotatable bonds is 5. The number of nitrogens with one attached hydrogen (secondary N) is 2. The Bertz CT molecular complexity index is 337. The van der Waals surface area contributed by atoms with Gasteiger partial charge in [-0.1, -0.05) is 6.42 Å². The lowest BCUT2D eigenvalue weighted by atomic mass is 9.84. The van der Waals surface area contributed by atoms with Crippen LogP contribution >= 0.6 is 0 Å². The van der Waals surface area contributed by atoms with Gasteiger partial charge >= 0.3 is 0 Å². The molecular weight excluding hydrogens is 254 g/mol. The highest BCUT2D eigenvalue weighted by atomic mass is 16.2. The first-order chi connectivity index (χ1) is 9.26. The molecule has 0 saturated heterocycles. The van der Waals surface area contributed by atoms with E-state index >= 15 is 0 Å². The molecule has 20 heavy (non-hydrogen) atoms. The van der Waals surface area contributed by atoms with Crippen molar-refractivity contribution in [2.24, 2.45) is 11.7 Å². The van der Waals surface area contributed by atoms with Crippen molar-refractivity contribution >= 4 is 11.8 Å². The molecule has 0 radical (unpaired) electrons. The normalized spacial score (nSPS) is 23.2. The van der Waals surface area contributed by atoms with Crippen LogP contribution in [0, 0.1) is 5.92 Å². The minimum absolute atomic E-state index is 0.0301. The first-order valence-corrected chi connectivity index (χ1v) is 7.59. The zero-order valence-corrected chi connectivity index (χ0v) is 13.0. The molecule has 1 aliphatic rings. The van der Waals surface area contributed by atoms with E-state index in [0.29, 0.717) is 25.3 Å². The smallest absolute Gasteiger partial charge is 0.222 e.